The quantitative estimate of drug-likeness (QED) is 0.140. The molecule has 8 nitrogen and oxygen atoms in total. The molecule has 0 saturated heterocycles. The van der Waals surface area contributed by atoms with Crippen LogP contribution in [0.15, 0.2) is 146 Å². The number of rotatable bonds is 8. The van der Waals surface area contributed by atoms with Crippen molar-refractivity contribution in [1.82, 2.24) is 9.97 Å². The van der Waals surface area contributed by atoms with Gasteiger partial charge < -0.3 is 9.47 Å². The first-order valence-corrected chi connectivity index (χ1v) is 26.9. The smallest absolute Gasteiger partial charge is 0.416 e. The molecule has 0 spiro atoms. The molecule has 14 heteroatoms. The maximum atomic E-state index is 14.5. The van der Waals surface area contributed by atoms with E-state index in [1.807, 2.05) is 68.6 Å². The number of hydrogen-bond acceptors (Lipinski definition) is 8. The zero-order valence-corrected chi connectivity index (χ0v) is 41.6. The lowest BCUT2D eigenvalue weighted by molar-refractivity contribution is -0.138. The number of hydrazine groups is 2. The molecule has 0 N–H and O–H groups in total. The Balaban J connectivity index is 0.862. The van der Waals surface area contributed by atoms with Crippen LogP contribution in [0.1, 0.15) is 99.3 Å². The molecule has 8 saturated carbocycles. The summed E-state index contributed by atoms with van der Waals surface area (Å²) < 4.78 is 100. The first-order valence-electron chi connectivity index (χ1n) is 26.9. The highest BCUT2D eigenvalue weighted by Crippen LogP contribution is 2.64. The van der Waals surface area contributed by atoms with E-state index in [-0.39, 0.29) is 22.3 Å². The lowest BCUT2D eigenvalue weighted by Gasteiger charge is -2.57. The van der Waals surface area contributed by atoms with Crippen molar-refractivity contribution >= 4 is 45.5 Å². The van der Waals surface area contributed by atoms with Gasteiger partial charge in [0.2, 0.25) is 0 Å². The van der Waals surface area contributed by atoms with Crippen LogP contribution in [0.4, 0.5) is 71.8 Å². The van der Waals surface area contributed by atoms with Crippen molar-refractivity contribution in [2.75, 3.05) is 20.0 Å². The van der Waals surface area contributed by atoms with Crippen molar-refractivity contribution in [2.24, 2.45) is 35.5 Å². The zero-order chi connectivity index (χ0) is 51.3. The third kappa shape index (κ3) is 7.46. The van der Waals surface area contributed by atoms with E-state index in [9.17, 15) is 26.3 Å². The fourth-order valence-electron chi connectivity index (χ4n) is 16.4. The average Bonchev–Trinajstić information content (AvgIpc) is 3.42. The number of anilines is 8. The third-order valence-electron chi connectivity index (χ3n) is 18.7. The van der Waals surface area contributed by atoms with Gasteiger partial charge >= 0.3 is 12.4 Å². The number of alkyl halides is 6. The van der Waals surface area contributed by atoms with E-state index in [0.717, 1.165) is 62.8 Å². The highest BCUT2D eigenvalue weighted by molar-refractivity contribution is 5.88. The number of fused-ring (bicyclic) bond motifs is 4. The Morgan fingerprint density at radius 1 is 0.408 bits per heavy atom. The molecule has 5 aromatic carbocycles. The maximum Gasteiger partial charge on any atom is 0.416 e. The van der Waals surface area contributed by atoms with Crippen LogP contribution in [0, 0.1) is 35.5 Å². The van der Waals surface area contributed by atoms with E-state index >= 15 is 0 Å². The summed E-state index contributed by atoms with van der Waals surface area (Å²) in [5.74, 6) is 5.21. The SMILES string of the molecule is FC(F)(F)c1ccc2c(c1)Oc1cc(C34CC5CC(CC(C5)C3)C4)ccc1N2N(c1ccc(N(c2cccnc2)N2c3ccc(C(F)(F)F)cc3Oc3cc(C45CC6CC(CC(C6)C4)C5)ccc32)cc1)c1cccnc1. The van der Waals surface area contributed by atoms with Crippen molar-refractivity contribution in [3.05, 3.63) is 168 Å². The average molecular weight is 1030 g/mol. The van der Waals surface area contributed by atoms with Gasteiger partial charge in [-0.25, -0.2) is 20.0 Å². The second kappa shape index (κ2) is 16.6. The number of nitrogens with zero attached hydrogens (tertiary/aromatic N) is 6. The van der Waals surface area contributed by atoms with E-state index < -0.39 is 23.5 Å². The minimum Gasteiger partial charge on any atom is -0.453 e. The molecule has 8 bridgehead atoms. The van der Waals surface area contributed by atoms with E-state index in [2.05, 4.69) is 46.4 Å². The van der Waals surface area contributed by atoms with Crippen LogP contribution in [-0.2, 0) is 23.2 Å². The van der Waals surface area contributed by atoms with Crippen molar-refractivity contribution in [2.45, 2.75) is 100 Å². The second-order valence-corrected chi connectivity index (χ2v) is 23.5. The number of hydrogen-bond donors (Lipinski definition) is 0. The number of ether oxygens (including phenoxy) is 2. The van der Waals surface area contributed by atoms with Gasteiger partial charge in [-0.3, -0.25) is 9.97 Å². The number of pyridine rings is 2. The van der Waals surface area contributed by atoms with Gasteiger partial charge in [-0.2, -0.15) is 26.3 Å². The standard InChI is InChI=1S/C62H54F6N6O2/c63-61(64,65)45-7-15-53-57(27-45)75-55-25-43(59-29-37-19-38(30-59)21-39(20-37)31-59)5-13-51(55)73(53)71(49-3-1-17-69-35-49)47-9-11-48(12-10-47)72(50-4-2-18-70-36-50)74-52-14-6-44(60-32-40-22-41(33-60)24-42(23-40)34-60)26-56(52)76-58-28-46(62(66,67)68)8-16-54(58)74/h1-18,25-28,35-42H,19-24,29-34H2. The molecule has 0 atom stereocenters. The van der Waals surface area contributed by atoms with Crippen LogP contribution >= 0.6 is 0 Å². The Bertz CT molecular complexity index is 3130. The molecule has 10 aliphatic rings. The molecule has 4 heterocycles. The van der Waals surface area contributed by atoms with E-state index in [1.165, 1.54) is 61.8 Å². The normalized spacial score (nSPS) is 27.2. The molecule has 17 rings (SSSR count). The van der Waals surface area contributed by atoms with Crippen LogP contribution in [0.3, 0.4) is 0 Å². The lowest BCUT2D eigenvalue weighted by atomic mass is 9.48. The first-order chi connectivity index (χ1) is 36.7. The van der Waals surface area contributed by atoms with Crippen molar-refractivity contribution in [3.8, 4) is 23.0 Å². The molecular formula is C62H54F6N6O2. The Hall–Kier alpha value is -7.22. The summed E-state index contributed by atoms with van der Waals surface area (Å²) in [5.41, 5.74) is 5.40. The van der Waals surface area contributed by atoms with Gasteiger partial charge in [0.1, 0.15) is 22.7 Å². The van der Waals surface area contributed by atoms with Gasteiger partial charge in [0.25, 0.3) is 0 Å². The lowest BCUT2D eigenvalue weighted by Crippen LogP contribution is -2.48. The van der Waals surface area contributed by atoms with Crippen molar-refractivity contribution in [3.63, 3.8) is 0 Å². The number of benzene rings is 5. The zero-order valence-electron chi connectivity index (χ0n) is 41.6. The van der Waals surface area contributed by atoms with Gasteiger partial charge in [0, 0.05) is 12.4 Å². The summed E-state index contributed by atoms with van der Waals surface area (Å²) in [6.07, 6.45) is 11.9. The summed E-state index contributed by atoms with van der Waals surface area (Å²) in [6, 6.07) is 35.1. The fraction of sp³-hybridized carbons (Fsp3) is 0.355. The highest BCUT2D eigenvalue weighted by atomic mass is 19.4. The molecule has 0 unspecified atom stereocenters. The molecule has 2 aliphatic heterocycles. The van der Waals surface area contributed by atoms with Crippen molar-refractivity contribution < 1.29 is 35.8 Å². The van der Waals surface area contributed by atoms with Gasteiger partial charge in [-0.1, -0.05) is 12.1 Å². The summed E-state index contributed by atoms with van der Waals surface area (Å²) in [6.45, 7) is 0. The molecule has 386 valence electrons. The minimum absolute atomic E-state index is 0.00390. The number of halogens is 6. The predicted molar refractivity (Wildman–Crippen MR) is 279 cm³/mol. The monoisotopic (exact) mass is 1030 g/mol. The van der Waals surface area contributed by atoms with Crippen LogP contribution in [-0.4, -0.2) is 9.97 Å². The highest BCUT2D eigenvalue weighted by Gasteiger charge is 2.54. The molecule has 2 aromatic heterocycles. The Morgan fingerprint density at radius 2 is 0.737 bits per heavy atom. The fourth-order valence-corrected chi connectivity index (χ4v) is 16.4. The predicted octanol–water partition coefficient (Wildman–Crippen LogP) is 17.4. The molecule has 7 aromatic rings. The topological polar surface area (TPSA) is 57.2 Å². The second-order valence-electron chi connectivity index (χ2n) is 23.5. The number of aromatic nitrogens is 2. The molecule has 8 aliphatic carbocycles. The van der Waals surface area contributed by atoms with Gasteiger partial charge in [0.05, 0.1) is 46.3 Å². The molecule has 0 amide bonds. The molecule has 76 heavy (non-hydrogen) atoms. The molecular weight excluding hydrogens is 975 g/mol. The van der Waals surface area contributed by atoms with Crippen LogP contribution in [0.5, 0.6) is 23.0 Å². The van der Waals surface area contributed by atoms with E-state index in [4.69, 9.17) is 9.47 Å². The molecule has 0 radical (unpaired) electrons. The Labute approximate surface area is 436 Å². The van der Waals surface area contributed by atoms with Gasteiger partial charge in [-0.15, -0.1) is 0 Å². The van der Waals surface area contributed by atoms with E-state index in [0.29, 0.717) is 92.5 Å². The maximum absolute atomic E-state index is 14.5. The van der Waals surface area contributed by atoms with Gasteiger partial charge in [0.15, 0.2) is 23.0 Å². The summed E-state index contributed by atoms with van der Waals surface area (Å²) >= 11 is 0. The van der Waals surface area contributed by atoms with Crippen LogP contribution < -0.4 is 29.5 Å². The van der Waals surface area contributed by atoms with Crippen molar-refractivity contribution in [1.29, 1.82) is 0 Å². The first kappa shape index (κ1) is 46.1. The summed E-state index contributed by atoms with van der Waals surface area (Å²) in [7, 11) is 0. The summed E-state index contributed by atoms with van der Waals surface area (Å²) in [5, 5.41) is 7.70. The third-order valence-corrected chi connectivity index (χ3v) is 18.7. The van der Waals surface area contributed by atoms with Crippen LogP contribution in [0.25, 0.3) is 0 Å². The van der Waals surface area contributed by atoms with Crippen LogP contribution in [0.2, 0.25) is 0 Å². The largest absolute Gasteiger partial charge is 0.453 e. The van der Waals surface area contributed by atoms with Gasteiger partial charge in [-0.05, 0) is 244 Å². The summed E-state index contributed by atoms with van der Waals surface area (Å²) in [4.78, 5) is 9.04. The molecule has 8 fully saturated rings. The van der Waals surface area contributed by atoms with E-state index in [1.54, 1.807) is 24.8 Å². The minimum atomic E-state index is -4.61. The Kier molecular flexibility index (Phi) is 10.1. The Morgan fingerprint density at radius 3 is 1.05 bits per heavy atom.